The Hall–Kier alpha value is -2.58. The Labute approximate surface area is 171 Å². The highest BCUT2D eigenvalue weighted by Gasteiger charge is 2.32. The fourth-order valence-corrected chi connectivity index (χ4v) is 4.77. The lowest BCUT2D eigenvalue weighted by molar-refractivity contribution is -0.120. The lowest BCUT2D eigenvalue weighted by atomic mass is 9.97. The maximum absolute atomic E-state index is 12.8. The zero-order chi connectivity index (χ0) is 20.9. The van der Waals surface area contributed by atoms with Gasteiger partial charge in [0.1, 0.15) is 11.5 Å². The average molecular weight is 419 g/mol. The number of rotatable bonds is 7. The number of carbonyl (C=O) groups excluding carboxylic acids is 1. The Balaban J connectivity index is 1.56. The monoisotopic (exact) mass is 418 g/mol. The lowest BCUT2D eigenvalue weighted by Crippen LogP contribution is -2.41. The number of hydrogen-bond acceptors (Lipinski definition) is 5. The molecule has 0 aliphatic carbocycles. The van der Waals surface area contributed by atoms with Crippen molar-refractivity contribution in [2.75, 3.05) is 32.1 Å². The van der Waals surface area contributed by atoms with Crippen LogP contribution in [0.4, 0.5) is 5.69 Å². The van der Waals surface area contributed by atoms with Gasteiger partial charge in [0.05, 0.1) is 18.6 Å². The van der Waals surface area contributed by atoms with Crippen LogP contribution in [-0.4, -0.2) is 45.4 Å². The first kappa shape index (κ1) is 21.1. The summed E-state index contributed by atoms with van der Waals surface area (Å²) in [4.78, 5) is 12.8. The molecule has 3 rings (SSSR count). The quantitative estimate of drug-likeness (QED) is 0.747. The first-order chi connectivity index (χ1) is 13.9. The van der Waals surface area contributed by atoms with E-state index in [0.717, 1.165) is 5.75 Å². The van der Waals surface area contributed by atoms with Gasteiger partial charge in [-0.15, -0.1) is 0 Å². The molecule has 1 aliphatic heterocycles. The highest BCUT2D eigenvalue weighted by molar-refractivity contribution is 7.89. The molecule has 0 saturated carbocycles. The molecule has 1 aliphatic rings. The highest BCUT2D eigenvalue weighted by atomic mass is 32.2. The summed E-state index contributed by atoms with van der Waals surface area (Å²) in [7, 11) is -2.04. The molecule has 156 valence electrons. The predicted molar refractivity (Wildman–Crippen MR) is 111 cm³/mol. The van der Waals surface area contributed by atoms with Gasteiger partial charge in [-0.2, -0.15) is 4.31 Å². The Bertz CT molecular complexity index is 919. The Morgan fingerprint density at radius 1 is 1.03 bits per heavy atom. The van der Waals surface area contributed by atoms with Gasteiger partial charge < -0.3 is 14.8 Å². The van der Waals surface area contributed by atoms with Crippen LogP contribution in [0.1, 0.15) is 19.8 Å². The zero-order valence-corrected chi connectivity index (χ0v) is 17.4. The van der Waals surface area contributed by atoms with E-state index in [1.807, 2.05) is 19.1 Å². The van der Waals surface area contributed by atoms with Crippen molar-refractivity contribution in [2.45, 2.75) is 24.7 Å². The molecule has 0 aromatic heterocycles. The molecule has 0 bridgehead atoms. The van der Waals surface area contributed by atoms with Crippen molar-refractivity contribution >= 4 is 21.6 Å². The third-order valence-electron chi connectivity index (χ3n) is 4.95. The molecule has 0 radical (unpaired) electrons. The van der Waals surface area contributed by atoms with E-state index in [9.17, 15) is 13.2 Å². The summed E-state index contributed by atoms with van der Waals surface area (Å²) in [5.41, 5.74) is 0.701. The number of carbonyl (C=O) groups is 1. The first-order valence-electron chi connectivity index (χ1n) is 9.62. The summed E-state index contributed by atoms with van der Waals surface area (Å²) in [6.45, 7) is 3.13. The number of sulfonamides is 1. The molecule has 0 unspecified atom stereocenters. The third kappa shape index (κ3) is 5.07. The lowest BCUT2D eigenvalue weighted by Gasteiger charge is -2.30. The largest absolute Gasteiger partial charge is 0.497 e. The summed E-state index contributed by atoms with van der Waals surface area (Å²) in [6.07, 6.45) is 0.969. The van der Waals surface area contributed by atoms with Gasteiger partial charge in [-0.3, -0.25) is 4.79 Å². The van der Waals surface area contributed by atoms with Crippen LogP contribution in [0, 0.1) is 5.92 Å². The number of hydrogen-bond donors (Lipinski definition) is 1. The van der Waals surface area contributed by atoms with Gasteiger partial charge >= 0.3 is 0 Å². The first-order valence-corrected chi connectivity index (χ1v) is 11.1. The van der Waals surface area contributed by atoms with E-state index in [2.05, 4.69) is 5.32 Å². The van der Waals surface area contributed by atoms with Crippen LogP contribution < -0.4 is 14.8 Å². The number of anilines is 1. The maximum atomic E-state index is 12.8. The molecular formula is C21H26N2O5S. The second-order valence-electron chi connectivity index (χ2n) is 6.80. The van der Waals surface area contributed by atoms with Crippen LogP contribution in [0.25, 0.3) is 0 Å². The molecule has 1 heterocycles. The number of nitrogens with zero attached hydrogens (tertiary/aromatic N) is 1. The molecule has 1 amide bonds. The molecule has 2 aromatic carbocycles. The molecule has 1 saturated heterocycles. The van der Waals surface area contributed by atoms with Crippen molar-refractivity contribution in [3.8, 4) is 11.5 Å². The molecular weight excluding hydrogens is 392 g/mol. The van der Waals surface area contributed by atoms with Crippen LogP contribution in [0.2, 0.25) is 0 Å². The molecule has 8 heteroatoms. The number of piperidine rings is 1. The molecule has 0 spiro atoms. The summed E-state index contributed by atoms with van der Waals surface area (Å²) >= 11 is 0. The minimum atomic E-state index is -3.57. The topological polar surface area (TPSA) is 84.9 Å². The highest BCUT2D eigenvalue weighted by Crippen LogP contribution is 2.26. The van der Waals surface area contributed by atoms with Crippen LogP contribution in [0.3, 0.4) is 0 Å². The second-order valence-corrected chi connectivity index (χ2v) is 8.74. The predicted octanol–water partition coefficient (Wildman–Crippen LogP) is 3.13. The molecule has 0 atom stereocenters. The van der Waals surface area contributed by atoms with E-state index in [4.69, 9.17) is 9.47 Å². The van der Waals surface area contributed by atoms with Crippen molar-refractivity contribution in [3.05, 3.63) is 48.5 Å². The van der Waals surface area contributed by atoms with E-state index in [1.165, 1.54) is 11.4 Å². The van der Waals surface area contributed by atoms with Crippen molar-refractivity contribution in [2.24, 2.45) is 5.92 Å². The second kappa shape index (κ2) is 9.28. The molecule has 1 N–H and O–H groups in total. The van der Waals surface area contributed by atoms with Crippen LogP contribution in [0.5, 0.6) is 11.5 Å². The zero-order valence-electron chi connectivity index (χ0n) is 16.6. The number of amides is 1. The molecule has 7 nitrogen and oxygen atoms in total. The van der Waals surface area contributed by atoms with Crippen molar-refractivity contribution in [1.29, 1.82) is 0 Å². The third-order valence-corrected chi connectivity index (χ3v) is 6.87. The summed E-state index contributed by atoms with van der Waals surface area (Å²) in [5, 5.41) is 2.90. The van der Waals surface area contributed by atoms with E-state index in [-0.39, 0.29) is 16.7 Å². The SMILES string of the molecule is CCOc1ccc(NC(=O)C2CCN(S(=O)(=O)c3ccc(OC)cc3)CC2)cc1. The summed E-state index contributed by atoms with van der Waals surface area (Å²) < 4.78 is 37.5. The van der Waals surface area contributed by atoms with Gasteiger partial charge in [-0.05, 0) is 68.3 Å². The number of ether oxygens (including phenoxy) is 2. The van der Waals surface area contributed by atoms with Crippen LogP contribution in [-0.2, 0) is 14.8 Å². The maximum Gasteiger partial charge on any atom is 0.243 e. The fourth-order valence-electron chi connectivity index (χ4n) is 3.30. The van der Waals surface area contributed by atoms with E-state index >= 15 is 0 Å². The molecule has 2 aromatic rings. The smallest absolute Gasteiger partial charge is 0.243 e. The minimum Gasteiger partial charge on any atom is -0.497 e. The number of nitrogens with one attached hydrogen (secondary N) is 1. The molecule has 1 fully saturated rings. The van der Waals surface area contributed by atoms with Crippen molar-refractivity contribution in [1.82, 2.24) is 4.31 Å². The van der Waals surface area contributed by atoms with E-state index in [0.29, 0.717) is 44.0 Å². The summed E-state index contributed by atoms with van der Waals surface area (Å²) in [6, 6.07) is 13.6. The van der Waals surface area contributed by atoms with Gasteiger partial charge in [-0.25, -0.2) is 8.42 Å². The Kier molecular flexibility index (Phi) is 6.76. The van der Waals surface area contributed by atoms with Gasteiger partial charge in [0.2, 0.25) is 15.9 Å². The summed E-state index contributed by atoms with van der Waals surface area (Å²) in [5.74, 6) is 1.05. The van der Waals surface area contributed by atoms with Crippen LogP contribution >= 0.6 is 0 Å². The van der Waals surface area contributed by atoms with Crippen molar-refractivity contribution in [3.63, 3.8) is 0 Å². The normalized spacial score (nSPS) is 15.7. The Morgan fingerprint density at radius 2 is 1.62 bits per heavy atom. The van der Waals surface area contributed by atoms with E-state index < -0.39 is 10.0 Å². The standard InChI is InChI=1S/C21H26N2O5S/c1-3-28-19-6-4-17(5-7-19)22-21(24)16-12-14-23(15-13-16)29(25,26)20-10-8-18(27-2)9-11-20/h4-11,16H,3,12-15H2,1-2H3,(H,22,24). The van der Waals surface area contributed by atoms with Gasteiger partial charge in [0.15, 0.2) is 0 Å². The fraction of sp³-hybridized carbons (Fsp3) is 0.381. The molecule has 29 heavy (non-hydrogen) atoms. The Morgan fingerprint density at radius 3 is 2.17 bits per heavy atom. The number of benzene rings is 2. The van der Waals surface area contributed by atoms with Gasteiger partial charge in [0, 0.05) is 24.7 Å². The van der Waals surface area contributed by atoms with Gasteiger partial charge in [0.25, 0.3) is 0 Å². The van der Waals surface area contributed by atoms with E-state index in [1.54, 1.807) is 36.4 Å². The minimum absolute atomic E-state index is 0.0874. The van der Waals surface area contributed by atoms with Crippen LogP contribution in [0.15, 0.2) is 53.4 Å². The average Bonchev–Trinajstić information content (AvgIpc) is 2.75. The van der Waals surface area contributed by atoms with Gasteiger partial charge in [-0.1, -0.05) is 0 Å². The van der Waals surface area contributed by atoms with Crippen molar-refractivity contribution < 1.29 is 22.7 Å². The number of methoxy groups -OCH3 is 1.